The number of nitrogens with one attached hydrogen (secondary N) is 2. The van der Waals surface area contributed by atoms with Gasteiger partial charge in [0, 0.05) is 13.1 Å². The quantitative estimate of drug-likeness (QED) is 0.629. The minimum absolute atomic E-state index is 0.198. The van der Waals surface area contributed by atoms with Crippen molar-refractivity contribution in [2.45, 2.75) is 38.8 Å². The molecule has 0 aromatic rings. The Morgan fingerprint density at radius 2 is 1.86 bits per heavy atom. The molecule has 1 aliphatic heterocycles. The van der Waals surface area contributed by atoms with Gasteiger partial charge in [0.1, 0.15) is 12.1 Å². The van der Waals surface area contributed by atoms with Crippen molar-refractivity contribution >= 4 is 17.9 Å². The molecule has 3 amide bonds. The van der Waals surface area contributed by atoms with Crippen molar-refractivity contribution in [2.75, 3.05) is 26.3 Å². The number of rotatable bonds is 6. The molecule has 3 N–H and O–H groups in total. The first kappa shape index (κ1) is 17.2. The van der Waals surface area contributed by atoms with E-state index in [1.54, 1.807) is 11.8 Å². The summed E-state index contributed by atoms with van der Waals surface area (Å²) in [4.78, 5) is 36.4. The normalized spacial score (nSPS) is 17.7. The van der Waals surface area contributed by atoms with E-state index >= 15 is 0 Å². The molecule has 120 valence electrons. The topological polar surface area (TPSA) is 108 Å². The van der Waals surface area contributed by atoms with E-state index in [0.717, 1.165) is 0 Å². The summed E-state index contributed by atoms with van der Waals surface area (Å²) < 4.78 is 5.16. The highest BCUT2D eigenvalue weighted by molar-refractivity contribution is 5.88. The highest BCUT2D eigenvalue weighted by Gasteiger charge is 2.25. The maximum Gasteiger partial charge on any atom is 0.326 e. The Morgan fingerprint density at radius 3 is 2.38 bits per heavy atom. The number of carboxylic acids is 1. The molecule has 0 radical (unpaired) electrons. The number of carbonyl (C=O) groups excluding carboxylic acids is 2. The van der Waals surface area contributed by atoms with Crippen LogP contribution in [0.1, 0.15) is 26.7 Å². The van der Waals surface area contributed by atoms with Crippen LogP contribution in [0.15, 0.2) is 0 Å². The Labute approximate surface area is 123 Å². The fourth-order valence-electron chi connectivity index (χ4n) is 2.06. The molecule has 1 fully saturated rings. The number of nitrogens with zero attached hydrogens (tertiary/aromatic N) is 1. The molecule has 0 saturated carbocycles. The molecular weight excluding hydrogens is 278 g/mol. The van der Waals surface area contributed by atoms with Crippen molar-refractivity contribution in [2.24, 2.45) is 0 Å². The van der Waals surface area contributed by atoms with Gasteiger partial charge in [0.15, 0.2) is 0 Å². The number of urea groups is 1. The van der Waals surface area contributed by atoms with Gasteiger partial charge in [-0.2, -0.15) is 0 Å². The lowest BCUT2D eigenvalue weighted by Crippen LogP contribution is -2.54. The fourth-order valence-corrected chi connectivity index (χ4v) is 2.06. The molecule has 2 atom stereocenters. The van der Waals surface area contributed by atoms with Gasteiger partial charge in [-0.15, -0.1) is 0 Å². The number of carboxylic acid groups (broad SMARTS) is 1. The summed E-state index contributed by atoms with van der Waals surface area (Å²) in [6, 6.07) is -2.30. The van der Waals surface area contributed by atoms with E-state index in [1.807, 2.05) is 6.92 Å². The lowest BCUT2D eigenvalue weighted by Gasteiger charge is -2.29. The van der Waals surface area contributed by atoms with E-state index in [9.17, 15) is 14.4 Å². The number of ether oxygens (including phenoxy) is 1. The molecule has 0 aliphatic carbocycles. The highest BCUT2D eigenvalue weighted by atomic mass is 16.5. The zero-order chi connectivity index (χ0) is 15.8. The molecule has 0 bridgehead atoms. The number of amides is 3. The molecule has 21 heavy (non-hydrogen) atoms. The zero-order valence-electron chi connectivity index (χ0n) is 12.4. The molecule has 8 heteroatoms. The molecule has 0 spiro atoms. The Bertz CT molecular complexity index is 382. The van der Waals surface area contributed by atoms with E-state index in [4.69, 9.17) is 9.84 Å². The standard InChI is InChI=1S/C13H23N3O5/c1-3-4-10(12(18)19)15-13(20)14-9(2)11(17)16-5-7-21-8-6-16/h9-10H,3-8H2,1-2H3,(H,18,19)(H2,14,15,20). The number of hydrogen-bond donors (Lipinski definition) is 3. The number of aliphatic carboxylic acids is 1. The Morgan fingerprint density at radius 1 is 1.24 bits per heavy atom. The maximum atomic E-state index is 12.1. The van der Waals surface area contributed by atoms with Crippen LogP contribution in [0.4, 0.5) is 4.79 Å². The molecule has 1 rings (SSSR count). The molecule has 1 saturated heterocycles. The molecule has 1 heterocycles. The molecule has 0 aromatic heterocycles. The SMILES string of the molecule is CCCC(NC(=O)NC(C)C(=O)N1CCOCC1)C(=O)O. The van der Waals surface area contributed by atoms with Crippen molar-refractivity contribution in [3.63, 3.8) is 0 Å². The first-order chi connectivity index (χ1) is 9.95. The van der Waals surface area contributed by atoms with Crippen molar-refractivity contribution in [1.29, 1.82) is 0 Å². The van der Waals surface area contributed by atoms with Gasteiger partial charge in [-0.25, -0.2) is 9.59 Å². The average molecular weight is 301 g/mol. The Kier molecular flexibility index (Phi) is 6.93. The van der Waals surface area contributed by atoms with Crippen LogP contribution in [-0.2, 0) is 14.3 Å². The summed E-state index contributed by atoms with van der Waals surface area (Å²) in [5.41, 5.74) is 0. The number of carbonyl (C=O) groups is 3. The van der Waals surface area contributed by atoms with Gasteiger partial charge in [-0.05, 0) is 13.3 Å². The van der Waals surface area contributed by atoms with Crippen molar-refractivity contribution in [1.82, 2.24) is 15.5 Å². The summed E-state index contributed by atoms with van der Waals surface area (Å²) in [6.07, 6.45) is 0.980. The van der Waals surface area contributed by atoms with Gasteiger partial charge in [-0.1, -0.05) is 13.3 Å². The third-order valence-corrected chi connectivity index (χ3v) is 3.22. The second-order valence-corrected chi connectivity index (χ2v) is 4.96. The van der Waals surface area contributed by atoms with Gasteiger partial charge in [0.25, 0.3) is 0 Å². The predicted molar refractivity (Wildman–Crippen MR) is 74.9 cm³/mol. The molecular formula is C13H23N3O5. The van der Waals surface area contributed by atoms with Crippen molar-refractivity contribution < 1.29 is 24.2 Å². The van der Waals surface area contributed by atoms with Crippen LogP contribution < -0.4 is 10.6 Å². The Balaban J connectivity index is 2.45. The van der Waals surface area contributed by atoms with Crippen LogP contribution in [0, 0.1) is 0 Å². The van der Waals surface area contributed by atoms with Crippen LogP contribution in [0.2, 0.25) is 0 Å². The smallest absolute Gasteiger partial charge is 0.326 e. The predicted octanol–water partition coefficient (Wildman–Crippen LogP) is -0.214. The van der Waals surface area contributed by atoms with Crippen LogP contribution in [-0.4, -0.2) is 66.3 Å². The van der Waals surface area contributed by atoms with Gasteiger partial charge < -0.3 is 25.4 Å². The van der Waals surface area contributed by atoms with Gasteiger partial charge >= 0.3 is 12.0 Å². The first-order valence-electron chi connectivity index (χ1n) is 7.12. The number of morpholine rings is 1. The summed E-state index contributed by atoms with van der Waals surface area (Å²) in [7, 11) is 0. The van der Waals surface area contributed by atoms with Crippen LogP contribution in [0.5, 0.6) is 0 Å². The third kappa shape index (κ3) is 5.58. The largest absolute Gasteiger partial charge is 0.480 e. The van der Waals surface area contributed by atoms with E-state index < -0.39 is 24.1 Å². The van der Waals surface area contributed by atoms with Gasteiger partial charge in [0.2, 0.25) is 5.91 Å². The van der Waals surface area contributed by atoms with Gasteiger partial charge in [-0.3, -0.25) is 4.79 Å². The van der Waals surface area contributed by atoms with E-state index in [-0.39, 0.29) is 5.91 Å². The van der Waals surface area contributed by atoms with Crippen molar-refractivity contribution in [3.05, 3.63) is 0 Å². The third-order valence-electron chi connectivity index (χ3n) is 3.22. The fraction of sp³-hybridized carbons (Fsp3) is 0.769. The van der Waals surface area contributed by atoms with Gasteiger partial charge in [0.05, 0.1) is 13.2 Å². The van der Waals surface area contributed by atoms with Crippen LogP contribution in [0.3, 0.4) is 0 Å². The van der Waals surface area contributed by atoms with E-state index in [1.165, 1.54) is 0 Å². The summed E-state index contributed by atoms with van der Waals surface area (Å²) in [6.45, 7) is 5.39. The lowest BCUT2D eigenvalue weighted by atomic mass is 10.2. The highest BCUT2D eigenvalue weighted by Crippen LogP contribution is 2.01. The first-order valence-corrected chi connectivity index (χ1v) is 7.12. The summed E-state index contributed by atoms with van der Waals surface area (Å²) in [5.74, 6) is -1.28. The van der Waals surface area contributed by atoms with E-state index in [0.29, 0.717) is 39.1 Å². The second-order valence-electron chi connectivity index (χ2n) is 4.96. The minimum atomic E-state index is -1.08. The van der Waals surface area contributed by atoms with Crippen LogP contribution in [0.25, 0.3) is 0 Å². The molecule has 1 aliphatic rings. The maximum absolute atomic E-state index is 12.1. The molecule has 2 unspecified atom stereocenters. The minimum Gasteiger partial charge on any atom is -0.480 e. The van der Waals surface area contributed by atoms with Crippen LogP contribution >= 0.6 is 0 Å². The molecule has 0 aromatic carbocycles. The summed E-state index contributed by atoms with van der Waals surface area (Å²) in [5, 5.41) is 13.8. The molecule has 8 nitrogen and oxygen atoms in total. The monoisotopic (exact) mass is 301 g/mol. The second kappa shape index (κ2) is 8.46. The summed E-state index contributed by atoms with van der Waals surface area (Å²) >= 11 is 0. The average Bonchev–Trinajstić information content (AvgIpc) is 2.46. The van der Waals surface area contributed by atoms with Crippen molar-refractivity contribution in [3.8, 4) is 0 Å². The zero-order valence-corrected chi connectivity index (χ0v) is 12.4. The number of hydrogen-bond acceptors (Lipinski definition) is 4. The lowest BCUT2D eigenvalue weighted by molar-refractivity contribution is -0.139. The van der Waals surface area contributed by atoms with E-state index in [2.05, 4.69) is 10.6 Å². The Hall–Kier alpha value is -1.83.